The minimum Gasteiger partial charge on any atom is -0.452 e. The molecule has 0 aliphatic carbocycles. The summed E-state index contributed by atoms with van der Waals surface area (Å²) in [6.07, 6.45) is 6.11. The quantitative estimate of drug-likeness (QED) is 0.424. The summed E-state index contributed by atoms with van der Waals surface area (Å²) in [5.74, 6) is -1.16. The summed E-state index contributed by atoms with van der Waals surface area (Å²) in [6.45, 7) is 1.37. The summed E-state index contributed by atoms with van der Waals surface area (Å²) in [5.41, 5.74) is 0.448. The van der Waals surface area contributed by atoms with Crippen molar-refractivity contribution in [1.82, 2.24) is 9.62 Å². The fourth-order valence-electron chi connectivity index (χ4n) is 1.77. The van der Waals surface area contributed by atoms with Gasteiger partial charge in [-0.15, -0.1) is 0 Å². The highest BCUT2D eigenvalue weighted by Gasteiger charge is 2.20. The van der Waals surface area contributed by atoms with Crippen LogP contribution in [0.4, 0.5) is 0 Å². The minimum atomic E-state index is -3.61. The van der Waals surface area contributed by atoms with E-state index in [1.807, 2.05) is 0 Å². The predicted octanol–water partition coefficient (Wildman–Crippen LogP) is 1.23. The van der Waals surface area contributed by atoms with E-state index in [0.717, 1.165) is 4.31 Å². The number of esters is 1. The molecule has 1 N–H and O–H groups in total. The van der Waals surface area contributed by atoms with Crippen molar-refractivity contribution in [2.24, 2.45) is 0 Å². The Labute approximate surface area is 148 Å². The van der Waals surface area contributed by atoms with Crippen LogP contribution in [0.15, 0.2) is 53.5 Å². The van der Waals surface area contributed by atoms with Crippen molar-refractivity contribution < 1.29 is 22.7 Å². The number of carbonyl (C=O) groups excluding carboxylic acids is 2. The Hall–Kier alpha value is -2.45. The van der Waals surface area contributed by atoms with Crippen molar-refractivity contribution in [2.45, 2.75) is 18.4 Å². The summed E-state index contributed by atoms with van der Waals surface area (Å²) in [6, 6.07) is 6.38. The fourth-order valence-corrected chi connectivity index (χ4v) is 2.89. The molecule has 0 spiro atoms. The largest absolute Gasteiger partial charge is 0.452 e. The van der Waals surface area contributed by atoms with Crippen LogP contribution in [-0.2, 0) is 30.9 Å². The molecule has 136 valence electrons. The Morgan fingerprint density at radius 3 is 2.52 bits per heavy atom. The van der Waals surface area contributed by atoms with Crippen molar-refractivity contribution in [2.75, 3.05) is 20.7 Å². The predicted molar refractivity (Wildman–Crippen MR) is 94.1 cm³/mol. The van der Waals surface area contributed by atoms with Gasteiger partial charge in [0.25, 0.3) is 5.91 Å². The van der Waals surface area contributed by atoms with Crippen LogP contribution in [0.2, 0.25) is 0 Å². The molecule has 8 heteroatoms. The van der Waals surface area contributed by atoms with Gasteiger partial charge in [0.05, 0.1) is 4.90 Å². The Bertz CT molecular complexity index is 767. The maximum Gasteiger partial charge on any atom is 0.331 e. The molecule has 1 aromatic carbocycles. The number of nitrogens with one attached hydrogen (secondary N) is 1. The van der Waals surface area contributed by atoms with Gasteiger partial charge in [-0.3, -0.25) is 4.79 Å². The molecule has 0 aliphatic heterocycles. The normalized spacial score (nSPS) is 12.0. The second-order valence-electron chi connectivity index (χ2n) is 5.16. The zero-order valence-electron chi connectivity index (χ0n) is 14.4. The molecule has 0 atom stereocenters. The van der Waals surface area contributed by atoms with Crippen LogP contribution in [0.1, 0.15) is 12.5 Å². The third-order valence-corrected chi connectivity index (χ3v) is 5.00. The van der Waals surface area contributed by atoms with Gasteiger partial charge in [0.15, 0.2) is 6.61 Å². The first-order chi connectivity index (χ1) is 11.8. The van der Waals surface area contributed by atoms with Gasteiger partial charge in [-0.25, -0.2) is 17.5 Å². The first-order valence-corrected chi connectivity index (χ1v) is 8.96. The molecule has 1 amide bonds. The monoisotopic (exact) mass is 366 g/mol. The van der Waals surface area contributed by atoms with Crippen LogP contribution in [0, 0.1) is 0 Å². The zero-order chi connectivity index (χ0) is 18.9. The van der Waals surface area contributed by atoms with E-state index in [2.05, 4.69) is 5.32 Å². The first kappa shape index (κ1) is 20.6. The molecule has 0 saturated heterocycles. The lowest BCUT2D eigenvalue weighted by Gasteiger charge is -2.15. The highest BCUT2D eigenvalue weighted by molar-refractivity contribution is 7.89. The highest BCUT2D eigenvalue weighted by atomic mass is 32.2. The molecule has 1 aromatic rings. The van der Waals surface area contributed by atoms with Crippen molar-refractivity contribution in [3.05, 3.63) is 54.1 Å². The number of allylic oxidation sites excluding steroid dienone is 3. The highest BCUT2D eigenvalue weighted by Crippen LogP contribution is 2.18. The first-order valence-electron chi connectivity index (χ1n) is 7.52. The summed E-state index contributed by atoms with van der Waals surface area (Å²) in [4.78, 5) is 23.2. The van der Waals surface area contributed by atoms with Crippen molar-refractivity contribution in [1.29, 1.82) is 0 Å². The average molecular weight is 366 g/mol. The molecule has 0 heterocycles. The van der Waals surface area contributed by atoms with Gasteiger partial charge in [0.1, 0.15) is 0 Å². The molecule has 25 heavy (non-hydrogen) atoms. The number of rotatable bonds is 8. The Morgan fingerprint density at radius 2 is 1.88 bits per heavy atom. The van der Waals surface area contributed by atoms with Gasteiger partial charge in [-0.1, -0.05) is 36.4 Å². The third-order valence-electron chi connectivity index (χ3n) is 3.09. The molecule has 0 saturated carbocycles. The molecule has 0 fully saturated rings. The number of nitrogens with zero attached hydrogens (tertiary/aromatic N) is 1. The van der Waals surface area contributed by atoms with Crippen LogP contribution in [0.25, 0.3) is 0 Å². The van der Waals surface area contributed by atoms with Crippen molar-refractivity contribution in [3.8, 4) is 0 Å². The van der Waals surface area contributed by atoms with Crippen LogP contribution in [-0.4, -0.2) is 45.3 Å². The van der Waals surface area contributed by atoms with Gasteiger partial charge in [-0.05, 0) is 18.6 Å². The van der Waals surface area contributed by atoms with Gasteiger partial charge in [0, 0.05) is 26.7 Å². The van der Waals surface area contributed by atoms with Gasteiger partial charge in [-0.2, -0.15) is 0 Å². The van der Waals surface area contributed by atoms with Gasteiger partial charge >= 0.3 is 5.97 Å². The SMILES string of the molecule is C/C=C/C=C/C(=O)OCC(=O)NCc1ccccc1S(=O)(=O)N(C)C. The number of carbonyl (C=O) groups is 2. The van der Waals surface area contributed by atoms with Crippen LogP contribution in [0.3, 0.4) is 0 Å². The molecule has 0 radical (unpaired) electrons. The number of hydrogen-bond donors (Lipinski definition) is 1. The van der Waals surface area contributed by atoms with Crippen molar-refractivity contribution >= 4 is 21.9 Å². The van der Waals surface area contributed by atoms with E-state index in [0.29, 0.717) is 5.56 Å². The van der Waals surface area contributed by atoms with E-state index in [1.165, 1.54) is 32.3 Å². The lowest BCUT2D eigenvalue weighted by atomic mass is 10.2. The molecule has 7 nitrogen and oxygen atoms in total. The van der Waals surface area contributed by atoms with E-state index in [9.17, 15) is 18.0 Å². The lowest BCUT2D eigenvalue weighted by molar-refractivity contribution is -0.143. The maximum atomic E-state index is 12.3. The number of hydrogen-bond acceptors (Lipinski definition) is 5. The smallest absolute Gasteiger partial charge is 0.331 e. The summed E-state index contributed by atoms with van der Waals surface area (Å²) in [7, 11) is -0.741. The van der Waals surface area contributed by atoms with E-state index in [-0.39, 0.29) is 11.4 Å². The molecule has 1 rings (SSSR count). The topological polar surface area (TPSA) is 92.8 Å². The third kappa shape index (κ3) is 6.52. The standard InChI is InChI=1S/C17H22N2O5S/c1-4-5-6-11-17(21)24-13-16(20)18-12-14-9-7-8-10-15(14)25(22,23)19(2)3/h4-11H,12-13H2,1-3H3,(H,18,20)/b5-4+,11-6+. The molecule has 0 bridgehead atoms. The average Bonchev–Trinajstić information content (AvgIpc) is 2.58. The van der Waals surface area contributed by atoms with E-state index >= 15 is 0 Å². The van der Waals surface area contributed by atoms with Crippen LogP contribution in [0.5, 0.6) is 0 Å². The number of amides is 1. The van der Waals surface area contributed by atoms with E-state index in [4.69, 9.17) is 4.74 Å². The number of sulfonamides is 1. The van der Waals surface area contributed by atoms with Crippen LogP contribution >= 0.6 is 0 Å². The summed E-state index contributed by atoms with van der Waals surface area (Å²) in [5, 5.41) is 2.54. The molecule has 0 aromatic heterocycles. The van der Waals surface area contributed by atoms with Gasteiger partial charge < -0.3 is 10.1 Å². The minimum absolute atomic E-state index is 0.00798. The Balaban J connectivity index is 2.65. The summed E-state index contributed by atoms with van der Waals surface area (Å²) >= 11 is 0. The lowest BCUT2D eigenvalue weighted by Crippen LogP contribution is -2.29. The van der Waals surface area contributed by atoms with Gasteiger partial charge in [0.2, 0.25) is 10.0 Å². The van der Waals surface area contributed by atoms with E-state index < -0.39 is 28.5 Å². The second-order valence-corrected chi connectivity index (χ2v) is 7.28. The second kappa shape index (κ2) is 9.75. The molecular weight excluding hydrogens is 344 g/mol. The molecule has 0 aliphatic rings. The Kier molecular flexibility index (Phi) is 8.03. The number of benzene rings is 1. The Morgan fingerprint density at radius 1 is 1.20 bits per heavy atom. The maximum absolute atomic E-state index is 12.3. The summed E-state index contributed by atoms with van der Waals surface area (Å²) < 4.78 is 30.4. The molecular formula is C17H22N2O5S. The molecule has 0 unspecified atom stereocenters. The van der Waals surface area contributed by atoms with E-state index in [1.54, 1.807) is 37.3 Å². The number of ether oxygens (including phenoxy) is 1. The fraction of sp³-hybridized carbons (Fsp3) is 0.294. The van der Waals surface area contributed by atoms with Crippen LogP contribution < -0.4 is 5.32 Å². The zero-order valence-corrected chi connectivity index (χ0v) is 15.2. The van der Waals surface area contributed by atoms with Crippen molar-refractivity contribution in [3.63, 3.8) is 0 Å².